The molecule has 172 valence electrons. The second kappa shape index (κ2) is 12.9. The van der Waals surface area contributed by atoms with Crippen LogP contribution in [0.4, 0.5) is 0 Å². The van der Waals surface area contributed by atoms with E-state index in [1.165, 1.54) is 18.4 Å². The monoisotopic (exact) mass is 472 g/mol. The Balaban J connectivity index is 1.64. The minimum atomic E-state index is -0.432. The molecule has 1 aliphatic carbocycles. The van der Waals surface area contributed by atoms with Crippen molar-refractivity contribution in [2.75, 3.05) is 12.3 Å². The Kier molecular flexibility index (Phi) is 9.94. The van der Waals surface area contributed by atoms with Crippen LogP contribution in [-0.2, 0) is 21.8 Å². The van der Waals surface area contributed by atoms with Crippen molar-refractivity contribution < 1.29 is 9.59 Å². The van der Waals surface area contributed by atoms with E-state index in [9.17, 15) is 9.59 Å². The lowest BCUT2D eigenvalue weighted by Crippen LogP contribution is -2.52. The van der Waals surface area contributed by atoms with Crippen molar-refractivity contribution in [3.63, 3.8) is 0 Å². The molecule has 1 saturated carbocycles. The summed E-state index contributed by atoms with van der Waals surface area (Å²) in [5, 5.41) is 3.90. The fraction of sp³-hybridized carbons (Fsp3) is 0.462. The molecule has 1 fully saturated rings. The van der Waals surface area contributed by atoms with E-state index in [0.717, 1.165) is 24.8 Å². The third-order valence-electron chi connectivity index (χ3n) is 5.95. The molecule has 1 atom stereocenters. The smallest absolute Gasteiger partial charge is 0.243 e. The lowest BCUT2D eigenvalue weighted by Gasteiger charge is -2.31. The van der Waals surface area contributed by atoms with Gasteiger partial charge in [0.2, 0.25) is 11.8 Å². The number of nitrogens with zero attached hydrogens (tertiary/aromatic N) is 1. The average molecular weight is 473 g/mol. The predicted molar refractivity (Wildman–Crippen MR) is 134 cm³/mol. The highest BCUT2D eigenvalue weighted by molar-refractivity contribution is 7.99. The van der Waals surface area contributed by atoms with Crippen LogP contribution in [0, 0.1) is 0 Å². The second-order valence-electron chi connectivity index (χ2n) is 8.36. The molecular weight excluding hydrogens is 440 g/mol. The molecule has 0 saturated heterocycles. The van der Waals surface area contributed by atoms with Gasteiger partial charge in [-0.25, -0.2) is 0 Å². The minimum absolute atomic E-state index is 0.0133. The van der Waals surface area contributed by atoms with Gasteiger partial charge in [0.05, 0.1) is 5.75 Å². The van der Waals surface area contributed by atoms with E-state index >= 15 is 0 Å². The summed E-state index contributed by atoms with van der Waals surface area (Å²) in [7, 11) is 0. The molecule has 1 N–H and O–H groups in total. The summed E-state index contributed by atoms with van der Waals surface area (Å²) < 4.78 is 0. The Bertz CT molecular complexity index is 871. The number of hydrogen-bond donors (Lipinski definition) is 1. The van der Waals surface area contributed by atoms with Gasteiger partial charge < -0.3 is 10.2 Å². The number of nitrogens with one attached hydrogen (secondary N) is 1. The number of rotatable bonds is 11. The molecule has 2 amide bonds. The van der Waals surface area contributed by atoms with Gasteiger partial charge in [-0.1, -0.05) is 73.8 Å². The lowest BCUT2D eigenvalue weighted by atomic mass is 10.1. The Morgan fingerprint density at radius 2 is 1.81 bits per heavy atom. The molecule has 0 radical (unpaired) electrons. The van der Waals surface area contributed by atoms with Crippen LogP contribution in [-0.4, -0.2) is 41.1 Å². The quantitative estimate of drug-likeness (QED) is 0.471. The fourth-order valence-electron chi connectivity index (χ4n) is 4.23. The molecule has 2 aromatic carbocycles. The summed E-state index contributed by atoms with van der Waals surface area (Å²) in [4.78, 5) is 28.2. The van der Waals surface area contributed by atoms with Crippen LogP contribution in [0.15, 0.2) is 54.6 Å². The van der Waals surface area contributed by atoms with E-state index < -0.39 is 6.04 Å². The molecule has 0 bridgehead atoms. The van der Waals surface area contributed by atoms with Crippen molar-refractivity contribution in [1.82, 2.24) is 10.2 Å². The van der Waals surface area contributed by atoms with Gasteiger partial charge in [0.1, 0.15) is 6.04 Å². The van der Waals surface area contributed by atoms with E-state index in [2.05, 4.69) is 17.4 Å². The SMILES string of the molecule is CC[C@H](C(=O)NC1CCCC1)N(CCc1ccccc1)C(=O)CSCc1cccc(Cl)c1. The summed E-state index contributed by atoms with van der Waals surface area (Å²) in [5.41, 5.74) is 2.26. The maximum absolute atomic E-state index is 13.3. The molecule has 0 unspecified atom stereocenters. The first kappa shape index (κ1) is 24.7. The van der Waals surface area contributed by atoms with Crippen LogP contribution >= 0.6 is 23.4 Å². The number of carbonyl (C=O) groups excluding carboxylic acids is 2. The molecule has 1 aliphatic rings. The van der Waals surface area contributed by atoms with Gasteiger partial charge in [0, 0.05) is 23.4 Å². The first-order valence-corrected chi connectivity index (χ1v) is 13.1. The number of thioether (sulfide) groups is 1. The summed E-state index contributed by atoms with van der Waals surface area (Å²) >= 11 is 7.64. The van der Waals surface area contributed by atoms with Gasteiger partial charge in [-0.05, 0) is 48.9 Å². The second-order valence-corrected chi connectivity index (χ2v) is 9.78. The number of hydrogen-bond acceptors (Lipinski definition) is 3. The maximum atomic E-state index is 13.3. The molecule has 0 spiro atoms. The molecular formula is C26H33ClN2O2S. The zero-order valence-electron chi connectivity index (χ0n) is 18.8. The first-order chi connectivity index (χ1) is 15.6. The molecule has 0 heterocycles. The van der Waals surface area contributed by atoms with Crippen LogP contribution in [0.1, 0.15) is 50.2 Å². The van der Waals surface area contributed by atoms with E-state index in [0.29, 0.717) is 29.5 Å². The van der Waals surface area contributed by atoms with Crippen molar-refractivity contribution in [2.45, 2.75) is 63.3 Å². The Morgan fingerprint density at radius 1 is 1.09 bits per heavy atom. The van der Waals surface area contributed by atoms with Crippen LogP contribution < -0.4 is 5.32 Å². The number of carbonyl (C=O) groups is 2. The van der Waals surface area contributed by atoms with Crippen molar-refractivity contribution >= 4 is 35.2 Å². The molecule has 0 aromatic heterocycles. The van der Waals surface area contributed by atoms with Crippen molar-refractivity contribution in [1.29, 1.82) is 0 Å². The maximum Gasteiger partial charge on any atom is 0.243 e. The van der Waals surface area contributed by atoms with Crippen LogP contribution in [0.5, 0.6) is 0 Å². The van der Waals surface area contributed by atoms with Crippen LogP contribution in [0.2, 0.25) is 5.02 Å². The third kappa shape index (κ3) is 7.56. The van der Waals surface area contributed by atoms with E-state index in [1.807, 2.05) is 49.4 Å². The van der Waals surface area contributed by atoms with Gasteiger partial charge in [-0.2, -0.15) is 0 Å². The number of benzene rings is 2. The van der Waals surface area contributed by atoms with Crippen LogP contribution in [0.25, 0.3) is 0 Å². The predicted octanol–water partition coefficient (Wildman–Crippen LogP) is 5.48. The Morgan fingerprint density at radius 3 is 2.50 bits per heavy atom. The van der Waals surface area contributed by atoms with Crippen molar-refractivity contribution in [2.24, 2.45) is 0 Å². The van der Waals surface area contributed by atoms with Gasteiger partial charge in [-0.3, -0.25) is 9.59 Å². The van der Waals surface area contributed by atoms with Crippen LogP contribution in [0.3, 0.4) is 0 Å². The van der Waals surface area contributed by atoms with E-state index in [4.69, 9.17) is 11.6 Å². The lowest BCUT2D eigenvalue weighted by molar-refractivity contribution is -0.139. The highest BCUT2D eigenvalue weighted by Crippen LogP contribution is 2.20. The largest absolute Gasteiger partial charge is 0.352 e. The highest BCUT2D eigenvalue weighted by Gasteiger charge is 2.30. The summed E-state index contributed by atoms with van der Waals surface area (Å²) in [6.07, 6.45) is 5.75. The Labute approximate surface area is 201 Å². The highest BCUT2D eigenvalue weighted by atomic mass is 35.5. The van der Waals surface area contributed by atoms with E-state index in [-0.39, 0.29) is 17.9 Å². The molecule has 2 aromatic rings. The van der Waals surface area contributed by atoms with Crippen molar-refractivity contribution in [3.05, 3.63) is 70.7 Å². The van der Waals surface area contributed by atoms with Gasteiger partial charge in [0.25, 0.3) is 0 Å². The normalized spacial score (nSPS) is 14.8. The molecule has 32 heavy (non-hydrogen) atoms. The number of amides is 2. The summed E-state index contributed by atoms with van der Waals surface area (Å²) in [6, 6.07) is 17.7. The summed E-state index contributed by atoms with van der Waals surface area (Å²) in [5.74, 6) is 1.06. The van der Waals surface area contributed by atoms with Gasteiger partial charge >= 0.3 is 0 Å². The molecule has 3 rings (SSSR count). The average Bonchev–Trinajstić information content (AvgIpc) is 3.30. The van der Waals surface area contributed by atoms with Crippen molar-refractivity contribution in [3.8, 4) is 0 Å². The zero-order valence-corrected chi connectivity index (χ0v) is 20.3. The Hall–Kier alpha value is -1.98. The summed E-state index contributed by atoms with van der Waals surface area (Å²) in [6.45, 7) is 2.53. The number of halogens is 1. The first-order valence-electron chi connectivity index (χ1n) is 11.5. The fourth-order valence-corrected chi connectivity index (χ4v) is 5.30. The van der Waals surface area contributed by atoms with Gasteiger partial charge in [0.15, 0.2) is 0 Å². The molecule has 6 heteroatoms. The third-order valence-corrected chi connectivity index (χ3v) is 7.18. The molecule has 0 aliphatic heterocycles. The zero-order chi connectivity index (χ0) is 22.8. The topological polar surface area (TPSA) is 49.4 Å². The minimum Gasteiger partial charge on any atom is -0.352 e. The van der Waals surface area contributed by atoms with Gasteiger partial charge in [-0.15, -0.1) is 11.8 Å². The van der Waals surface area contributed by atoms with E-state index in [1.54, 1.807) is 16.7 Å². The standard InChI is InChI=1S/C26H33ClN2O2S/c1-2-24(26(31)28-23-13-6-7-14-23)29(16-15-20-9-4-3-5-10-20)25(30)19-32-18-21-11-8-12-22(27)17-21/h3-5,8-12,17,23-24H,2,6-7,13-16,18-19H2,1H3,(H,28,31)/t24-/m1/s1. The molecule has 4 nitrogen and oxygen atoms in total.